The molecule has 0 saturated heterocycles. The number of anilines is 1. The first kappa shape index (κ1) is 15.8. The zero-order valence-electron chi connectivity index (χ0n) is 11.6. The molecule has 0 radical (unpaired) electrons. The smallest absolute Gasteiger partial charge is 0.242 e. The van der Waals surface area contributed by atoms with Crippen molar-refractivity contribution < 1.29 is 9.53 Å². The third-order valence-electron chi connectivity index (χ3n) is 2.71. The predicted molar refractivity (Wildman–Crippen MR) is 78.8 cm³/mol. The van der Waals surface area contributed by atoms with Crippen LogP contribution in [0.3, 0.4) is 0 Å². The minimum Gasteiger partial charge on any atom is -0.385 e. The average Bonchev–Trinajstić information content (AvgIpc) is 2.38. The van der Waals surface area contributed by atoms with E-state index in [-0.39, 0.29) is 11.9 Å². The number of ether oxygens (including phenoxy) is 1. The van der Waals surface area contributed by atoms with Crippen LogP contribution in [0.4, 0.5) is 5.69 Å². The van der Waals surface area contributed by atoms with Gasteiger partial charge >= 0.3 is 0 Å². The fourth-order valence-corrected chi connectivity index (χ4v) is 1.80. The Hall–Kier alpha value is -1.26. The lowest BCUT2D eigenvalue weighted by Gasteiger charge is -2.16. The molecule has 0 aliphatic carbocycles. The average molecular weight is 285 g/mol. The Morgan fingerprint density at radius 2 is 2.21 bits per heavy atom. The van der Waals surface area contributed by atoms with E-state index in [4.69, 9.17) is 16.3 Å². The van der Waals surface area contributed by atoms with Crippen LogP contribution in [0, 0.1) is 6.92 Å². The van der Waals surface area contributed by atoms with Crippen molar-refractivity contribution in [1.82, 2.24) is 5.32 Å². The molecule has 0 heterocycles. The molecule has 1 unspecified atom stereocenters. The van der Waals surface area contributed by atoms with Crippen LogP contribution in [-0.2, 0) is 9.53 Å². The summed E-state index contributed by atoms with van der Waals surface area (Å²) in [5.74, 6) is -0.0475. The van der Waals surface area contributed by atoms with Crippen LogP contribution in [0.2, 0.25) is 5.02 Å². The number of halogens is 1. The highest BCUT2D eigenvalue weighted by atomic mass is 35.5. The number of carbonyl (C=O) groups is 1. The lowest BCUT2D eigenvalue weighted by Crippen LogP contribution is -2.38. The quantitative estimate of drug-likeness (QED) is 0.757. The molecule has 2 N–H and O–H groups in total. The van der Waals surface area contributed by atoms with E-state index in [9.17, 15) is 4.79 Å². The summed E-state index contributed by atoms with van der Waals surface area (Å²) in [4.78, 5) is 11.8. The van der Waals surface area contributed by atoms with Gasteiger partial charge in [0.25, 0.3) is 0 Å². The Kier molecular flexibility index (Phi) is 6.67. The summed E-state index contributed by atoms with van der Waals surface area (Å²) in [6.45, 7) is 5.05. The van der Waals surface area contributed by atoms with Gasteiger partial charge in [0.2, 0.25) is 5.91 Å². The normalized spacial score (nSPS) is 12.0. The number of methoxy groups -OCH3 is 1. The maximum absolute atomic E-state index is 11.8. The maximum Gasteiger partial charge on any atom is 0.242 e. The van der Waals surface area contributed by atoms with Crippen molar-refractivity contribution in [2.24, 2.45) is 0 Å². The third kappa shape index (κ3) is 5.49. The topological polar surface area (TPSA) is 50.4 Å². The third-order valence-corrected chi connectivity index (χ3v) is 3.04. The van der Waals surface area contributed by atoms with Gasteiger partial charge in [0, 0.05) is 20.3 Å². The second-order valence-electron chi connectivity index (χ2n) is 4.49. The summed E-state index contributed by atoms with van der Waals surface area (Å²) in [6.07, 6.45) is 0.806. The van der Waals surface area contributed by atoms with Crippen molar-refractivity contribution in [2.45, 2.75) is 26.3 Å². The van der Waals surface area contributed by atoms with E-state index in [1.54, 1.807) is 7.11 Å². The van der Waals surface area contributed by atoms with Gasteiger partial charge in [0.05, 0.1) is 10.7 Å². The first-order valence-electron chi connectivity index (χ1n) is 6.34. The molecule has 106 valence electrons. The summed E-state index contributed by atoms with van der Waals surface area (Å²) < 4.78 is 4.92. The summed E-state index contributed by atoms with van der Waals surface area (Å²) >= 11 is 6.08. The molecule has 5 heteroatoms. The van der Waals surface area contributed by atoms with Crippen LogP contribution in [0.5, 0.6) is 0 Å². The van der Waals surface area contributed by atoms with E-state index in [0.29, 0.717) is 18.2 Å². The molecule has 1 atom stereocenters. The van der Waals surface area contributed by atoms with Crippen LogP contribution in [-0.4, -0.2) is 32.2 Å². The van der Waals surface area contributed by atoms with Crippen molar-refractivity contribution in [3.63, 3.8) is 0 Å². The number of rotatable bonds is 7. The first-order valence-corrected chi connectivity index (χ1v) is 6.71. The highest BCUT2D eigenvalue weighted by Crippen LogP contribution is 2.23. The van der Waals surface area contributed by atoms with Crippen LogP contribution < -0.4 is 10.6 Å². The molecule has 1 aromatic carbocycles. The molecule has 1 amide bonds. The van der Waals surface area contributed by atoms with Crippen molar-refractivity contribution in [3.8, 4) is 0 Å². The van der Waals surface area contributed by atoms with E-state index in [1.807, 2.05) is 32.0 Å². The highest BCUT2D eigenvalue weighted by Gasteiger charge is 2.13. The van der Waals surface area contributed by atoms with Gasteiger partial charge in [-0.3, -0.25) is 4.79 Å². The van der Waals surface area contributed by atoms with Gasteiger partial charge in [-0.05, 0) is 38.0 Å². The SMILES string of the molecule is COCCCNC(=O)C(C)Nc1cc(C)ccc1Cl. The first-order chi connectivity index (χ1) is 9.04. The maximum atomic E-state index is 11.8. The van der Waals surface area contributed by atoms with Gasteiger partial charge in [-0.15, -0.1) is 0 Å². The molecule has 1 aromatic rings. The molecule has 0 fully saturated rings. The summed E-state index contributed by atoms with van der Waals surface area (Å²) in [5, 5.41) is 6.58. The Morgan fingerprint density at radius 3 is 2.89 bits per heavy atom. The van der Waals surface area contributed by atoms with Crippen LogP contribution in [0.1, 0.15) is 18.9 Å². The molecule has 19 heavy (non-hydrogen) atoms. The molecule has 0 bridgehead atoms. The minimum atomic E-state index is -0.332. The Bertz CT molecular complexity index is 424. The van der Waals surface area contributed by atoms with Crippen LogP contribution in [0.15, 0.2) is 18.2 Å². The van der Waals surface area contributed by atoms with Gasteiger partial charge in [-0.25, -0.2) is 0 Å². The van der Waals surface area contributed by atoms with Crippen LogP contribution in [0.25, 0.3) is 0 Å². The van der Waals surface area contributed by atoms with Gasteiger partial charge in [-0.1, -0.05) is 17.7 Å². The summed E-state index contributed by atoms with van der Waals surface area (Å²) in [5.41, 5.74) is 1.88. The number of hydrogen-bond acceptors (Lipinski definition) is 3. The van der Waals surface area contributed by atoms with E-state index in [0.717, 1.165) is 17.7 Å². The minimum absolute atomic E-state index is 0.0475. The van der Waals surface area contributed by atoms with Gasteiger partial charge in [0.1, 0.15) is 6.04 Å². The second kappa shape index (κ2) is 8.02. The van der Waals surface area contributed by atoms with Gasteiger partial charge in [-0.2, -0.15) is 0 Å². The van der Waals surface area contributed by atoms with Crippen molar-refractivity contribution in [3.05, 3.63) is 28.8 Å². The fourth-order valence-electron chi connectivity index (χ4n) is 1.63. The van der Waals surface area contributed by atoms with E-state index in [1.165, 1.54) is 0 Å². The predicted octanol–water partition coefficient (Wildman–Crippen LogP) is 2.60. The van der Waals surface area contributed by atoms with Crippen molar-refractivity contribution in [2.75, 3.05) is 25.6 Å². The summed E-state index contributed by atoms with van der Waals surface area (Å²) in [6, 6.07) is 5.35. The van der Waals surface area contributed by atoms with Crippen molar-refractivity contribution >= 4 is 23.2 Å². The molecule has 0 aromatic heterocycles. The van der Waals surface area contributed by atoms with Gasteiger partial charge < -0.3 is 15.4 Å². The lowest BCUT2D eigenvalue weighted by molar-refractivity contribution is -0.121. The Balaban J connectivity index is 2.47. The Morgan fingerprint density at radius 1 is 1.47 bits per heavy atom. The van der Waals surface area contributed by atoms with Crippen LogP contribution >= 0.6 is 11.6 Å². The lowest BCUT2D eigenvalue weighted by atomic mass is 10.2. The van der Waals surface area contributed by atoms with Crippen molar-refractivity contribution in [1.29, 1.82) is 0 Å². The number of amides is 1. The number of carbonyl (C=O) groups excluding carboxylic acids is 1. The molecular formula is C14H21ClN2O2. The van der Waals surface area contributed by atoms with E-state index < -0.39 is 0 Å². The second-order valence-corrected chi connectivity index (χ2v) is 4.89. The molecule has 0 aliphatic rings. The number of nitrogens with one attached hydrogen (secondary N) is 2. The molecule has 1 rings (SSSR count). The fraction of sp³-hybridized carbons (Fsp3) is 0.500. The molecular weight excluding hydrogens is 264 g/mol. The molecule has 0 aliphatic heterocycles. The molecule has 0 saturated carbocycles. The molecule has 0 spiro atoms. The number of aryl methyl sites for hydroxylation is 1. The molecule has 4 nitrogen and oxygen atoms in total. The summed E-state index contributed by atoms with van der Waals surface area (Å²) in [7, 11) is 1.64. The van der Waals surface area contributed by atoms with E-state index in [2.05, 4.69) is 10.6 Å². The monoisotopic (exact) mass is 284 g/mol. The highest BCUT2D eigenvalue weighted by molar-refractivity contribution is 6.33. The van der Waals surface area contributed by atoms with Gasteiger partial charge in [0.15, 0.2) is 0 Å². The number of benzene rings is 1. The van der Waals surface area contributed by atoms with E-state index >= 15 is 0 Å². The largest absolute Gasteiger partial charge is 0.385 e. The zero-order valence-corrected chi connectivity index (χ0v) is 12.4. The number of hydrogen-bond donors (Lipinski definition) is 2. The standard InChI is InChI=1S/C14H21ClN2O2/c1-10-5-6-12(15)13(9-10)17-11(2)14(18)16-7-4-8-19-3/h5-6,9,11,17H,4,7-8H2,1-3H3,(H,16,18). The zero-order chi connectivity index (χ0) is 14.3. The Labute approximate surface area is 119 Å².